The fraction of sp³-hybridized carbons (Fsp3) is 0.0392. The molecule has 21 rings (SSSR count). The van der Waals surface area contributed by atoms with E-state index in [9.17, 15) is 0 Å². The first kappa shape index (κ1) is 61.4. The number of hydrogen-bond donors (Lipinski definition) is 0. The number of fused-ring (bicyclic) bond motifs is 9. The van der Waals surface area contributed by atoms with E-state index in [0.717, 1.165) is 112 Å². The summed E-state index contributed by atoms with van der Waals surface area (Å²) < 4.78 is 2.50. The maximum atomic E-state index is 2.73. The second-order valence-corrected chi connectivity index (χ2v) is 29.8. The molecule has 0 fully saturated rings. The van der Waals surface area contributed by atoms with Gasteiger partial charge in [-0.05, 0) is 193 Å². The van der Waals surface area contributed by atoms with Crippen molar-refractivity contribution in [3.63, 3.8) is 0 Å². The Labute approximate surface area is 617 Å². The molecule has 2 aliphatic heterocycles. The molecule has 0 radical (unpaired) electrons. The smallest absolute Gasteiger partial charge is 0.252 e. The normalized spacial score (nSPS) is 12.6. The first-order valence-electron chi connectivity index (χ1n) is 37.1. The van der Waals surface area contributed by atoms with Gasteiger partial charge in [-0.15, -0.1) is 0 Å². The highest BCUT2D eigenvalue weighted by Gasteiger charge is 2.46. The highest BCUT2D eigenvalue weighted by molar-refractivity contribution is 7.00. The maximum absolute atomic E-state index is 2.73. The van der Waals surface area contributed by atoms with Crippen LogP contribution in [0.2, 0.25) is 0 Å². The summed E-state index contributed by atoms with van der Waals surface area (Å²) in [6.07, 6.45) is 0. The van der Waals surface area contributed by atoms with Crippen molar-refractivity contribution in [2.75, 3.05) is 9.80 Å². The Hall–Kier alpha value is -13.3. The Kier molecular flexibility index (Phi) is 14.0. The minimum atomic E-state index is -0.346. The van der Waals surface area contributed by atoms with E-state index in [1.165, 1.54) is 92.4 Å². The van der Waals surface area contributed by atoms with Crippen molar-refractivity contribution in [1.82, 2.24) is 4.57 Å². The van der Waals surface area contributed by atoms with Crippen molar-refractivity contribution >= 4 is 122 Å². The Morgan fingerprint density at radius 3 is 1.08 bits per heavy atom. The molecule has 3 heterocycles. The monoisotopic (exact) mass is 1350 g/mol. The average molecular weight is 1350 g/mol. The number of para-hydroxylation sites is 2. The molecule has 0 saturated heterocycles. The lowest BCUT2D eigenvalue weighted by atomic mass is 9.33. The van der Waals surface area contributed by atoms with Crippen LogP contribution < -0.4 is 26.2 Å². The van der Waals surface area contributed by atoms with Crippen LogP contribution in [0.3, 0.4) is 0 Å². The molecule has 0 bridgehead atoms. The highest BCUT2D eigenvalue weighted by Crippen LogP contribution is 2.56. The number of anilines is 6. The molecule has 0 aliphatic carbocycles. The van der Waals surface area contributed by atoms with Gasteiger partial charge in [0.25, 0.3) is 6.71 Å². The van der Waals surface area contributed by atoms with Crippen LogP contribution in [0.1, 0.15) is 26.3 Å². The van der Waals surface area contributed by atoms with E-state index in [2.05, 4.69) is 405 Å². The van der Waals surface area contributed by atoms with Crippen LogP contribution in [0, 0.1) is 0 Å². The van der Waals surface area contributed by atoms with E-state index in [4.69, 9.17) is 0 Å². The molecule has 4 heteroatoms. The van der Waals surface area contributed by atoms with Crippen LogP contribution in [-0.2, 0) is 5.41 Å². The second-order valence-electron chi connectivity index (χ2n) is 29.8. The predicted octanol–water partition coefficient (Wildman–Crippen LogP) is 25.9. The van der Waals surface area contributed by atoms with Crippen molar-refractivity contribution in [1.29, 1.82) is 0 Å². The Morgan fingerprint density at radius 2 is 0.623 bits per heavy atom. The number of aromatic nitrogens is 1. The van der Waals surface area contributed by atoms with Crippen molar-refractivity contribution < 1.29 is 0 Å². The van der Waals surface area contributed by atoms with E-state index in [1.54, 1.807) is 0 Å². The van der Waals surface area contributed by atoms with Crippen LogP contribution >= 0.6 is 0 Å². The summed E-state index contributed by atoms with van der Waals surface area (Å²) in [7, 11) is 0. The summed E-state index contributed by atoms with van der Waals surface area (Å²) in [6.45, 7) is 6.94. The second kappa shape index (κ2) is 24.2. The molecule has 19 aromatic rings. The van der Waals surface area contributed by atoms with Crippen molar-refractivity contribution in [2.45, 2.75) is 26.2 Å². The molecule has 0 amide bonds. The van der Waals surface area contributed by atoms with Gasteiger partial charge < -0.3 is 14.4 Å². The Balaban J connectivity index is 0.931. The first-order chi connectivity index (χ1) is 52.3. The SMILES string of the molecule is CC(C)(C)c1cc2c3c(c1)N(c1c(-c4ccccc4)cc(-c4ccccc4)cc1-c1ccccc1)c1cc(-n4c5ccccc5c5ccccc54)ccc1B3c1ccc(-c3ccc4c5cccc6cccc(c7cccc3c74)c65)cc1N2c1c(-c2ccccc2)cc(-c2ccccc2)cc1-c1ccccc1. The molecule has 496 valence electrons. The first-order valence-corrected chi connectivity index (χ1v) is 37.1. The average Bonchev–Trinajstić information content (AvgIpc) is 1.01. The van der Waals surface area contributed by atoms with Gasteiger partial charge in [-0.25, -0.2) is 0 Å². The van der Waals surface area contributed by atoms with Crippen molar-refractivity contribution in [2.24, 2.45) is 0 Å². The summed E-state index contributed by atoms with van der Waals surface area (Å²) in [4.78, 5) is 5.45. The van der Waals surface area contributed by atoms with E-state index in [1.807, 2.05) is 0 Å². The quantitative estimate of drug-likeness (QED) is 0.0768. The molecule has 106 heavy (non-hydrogen) atoms. The molecular weight excluding hydrogens is 1280 g/mol. The van der Waals surface area contributed by atoms with Crippen LogP contribution in [0.4, 0.5) is 34.1 Å². The van der Waals surface area contributed by atoms with Gasteiger partial charge in [-0.3, -0.25) is 0 Å². The lowest BCUT2D eigenvalue weighted by Gasteiger charge is -2.46. The minimum Gasteiger partial charge on any atom is -0.310 e. The highest BCUT2D eigenvalue weighted by atomic mass is 15.2. The number of nitrogens with zero attached hydrogens (tertiary/aromatic N) is 3. The zero-order valence-electron chi connectivity index (χ0n) is 59.1. The summed E-state index contributed by atoms with van der Waals surface area (Å²) in [5.41, 5.74) is 30.8. The molecule has 0 spiro atoms. The fourth-order valence-electron chi connectivity index (χ4n) is 18.0. The lowest BCUT2D eigenvalue weighted by molar-refractivity contribution is 0.590. The number of hydrogen-bond acceptors (Lipinski definition) is 2. The molecule has 0 N–H and O–H groups in total. The molecular formula is C102H70BN3. The fourth-order valence-corrected chi connectivity index (χ4v) is 18.0. The maximum Gasteiger partial charge on any atom is 0.252 e. The van der Waals surface area contributed by atoms with E-state index >= 15 is 0 Å². The van der Waals surface area contributed by atoms with Gasteiger partial charge in [0.15, 0.2) is 0 Å². The Morgan fingerprint density at radius 1 is 0.245 bits per heavy atom. The summed E-state index contributed by atoms with van der Waals surface area (Å²) in [5, 5.41) is 12.7. The van der Waals surface area contributed by atoms with Crippen LogP contribution in [0.5, 0.6) is 0 Å². The molecule has 0 saturated carbocycles. The van der Waals surface area contributed by atoms with Gasteiger partial charge in [0, 0.05) is 61.5 Å². The van der Waals surface area contributed by atoms with Crippen LogP contribution in [-0.4, -0.2) is 11.3 Å². The van der Waals surface area contributed by atoms with Gasteiger partial charge in [0.1, 0.15) is 0 Å². The third kappa shape index (κ3) is 9.61. The van der Waals surface area contributed by atoms with Crippen molar-refractivity contribution in [3.8, 4) is 83.6 Å². The molecule has 0 atom stereocenters. The molecule has 18 aromatic carbocycles. The van der Waals surface area contributed by atoms with Crippen molar-refractivity contribution in [3.05, 3.63) is 376 Å². The lowest BCUT2D eigenvalue weighted by Crippen LogP contribution is -2.61. The van der Waals surface area contributed by atoms with E-state index in [-0.39, 0.29) is 12.1 Å². The molecule has 2 aliphatic rings. The van der Waals surface area contributed by atoms with Gasteiger partial charge >= 0.3 is 0 Å². The van der Waals surface area contributed by atoms with Gasteiger partial charge in [-0.1, -0.05) is 324 Å². The topological polar surface area (TPSA) is 11.4 Å². The van der Waals surface area contributed by atoms with Gasteiger partial charge in [0.2, 0.25) is 0 Å². The van der Waals surface area contributed by atoms with Crippen LogP contribution in [0.25, 0.3) is 148 Å². The third-order valence-electron chi connectivity index (χ3n) is 22.8. The molecule has 0 unspecified atom stereocenters. The summed E-state index contributed by atoms with van der Waals surface area (Å²) in [5.74, 6) is 0. The molecule has 3 nitrogen and oxygen atoms in total. The van der Waals surface area contributed by atoms with E-state index in [0.29, 0.717) is 0 Å². The van der Waals surface area contributed by atoms with Gasteiger partial charge in [0.05, 0.1) is 22.4 Å². The zero-order chi connectivity index (χ0) is 70.3. The standard InChI is InChI=1S/C102H70BN3/c1-102(2,3)75-62-95-99-96(63-75)106(101-87(69-37-18-8-19-38-69)59-74(66-31-12-5-13-32-66)60-88(101)70-39-20-9-21-40-70)94-64-76(104-91-49-24-22-43-78(91)79-44-23-25-50-92(79)104)52-56-90(94)103(99)89-55-51-72(77-53-54-84-82-46-27-42-71-41-26-45-81(97(71)82)83-48-28-47-80(77)98(83)84)61-93(89)105(95)100-85(67-33-14-6-15-34-67)57-73(65-29-10-4-11-30-65)58-86(100)68-35-16-7-17-36-68/h4-64H,1-3H3. The summed E-state index contributed by atoms with van der Waals surface area (Å²) >= 11 is 0. The Bertz CT molecular complexity index is 6490. The van der Waals surface area contributed by atoms with E-state index < -0.39 is 0 Å². The third-order valence-corrected chi connectivity index (χ3v) is 22.8. The number of benzene rings is 18. The summed E-state index contributed by atoms with van der Waals surface area (Å²) in [6, 6.07) is 140. The van der Waals surface area contributed by atoms with Gasteiger partial charge in [-0.2, -0.15) is 0 Å². The number of rotatable bonds is 10. The minimum absolute atomic E-state index is 0.251. The zero-order valence-corrected chi connectivity index (χ0v) is 59.1. The largest absolute Gasteiger partial charge is 0.310 e. The van der Waals surface area contributed by atoms with Crippen LogP contribution in [0.15, 0.2) is 370 Å². The molecule has 1 aromatic heterocycles. The predicted molar refractivity (Wildman–Crippen MR) is 453 cm³/mol.